The van der Waals surface area contributed by atoms with E-state index >= 15 is 0 Å². The third-order valence-electron chi connectivity index (χ3n) is 5.67. The number of nitrogens with two attached hydrogens (primary N) is 1. The Kier molecular flexibility index (Phi) is 6.11. The molecule has 2 N–H and O–H groups in total. The van der Waals surface area contributed by atoms with E-state index in [-0.39, 0.29) is 23.7 Å². The fourth-order valence-corrected chi connectivity index (χ4v) is 4.05. The highest BCUT2D eigenvalue weighted by Gasteiger charge is 2.32. The molecule has 0 saturated carbocycles. The Bertz CT molecular complexity index is 1050. The lowest BCUT2D eigenvalue weighted by Crippen LogP contribution is -2.31. The van der Waals surface area contributed by atoms with E-state index in [0.717, 1.165) is 41.0 Å². The second-order valence-corrected chi connectivity index (χ2v) is 7.63. The number of carbonyl (C=O) groups excluding carboxylic acids is 1. The molecule has 7 heteroatoms. The third kappa shape index (κ3) is 4.66. The van der Waals surface area contributed by atoms with Crippen LogP contribution in [0.5, 0.6) is 5.75 Å². The molecule has 0 radical (unpaired) electrons. The van der Waals surface area contributed by atoms with Crippen molar-refractivity contribution < 1.29 is 13.9 Å². The zero-order valence-electron chi connectivity index (χ0n) is 17.4. The van der Waals surface area contributed by atoms with Crippen molar-refractivity contribution in [3.05, 3.63) is 71.8 Å². The predicted octanol–water partition coefficient (Wildman–Crippen LogP) is 4.17. The number of likely N-dealkylation sites (tertiary alicyclic amines) is 1. The van der Waals surface area contributed by atoms with Gasteiger partial charge in [-0.2, -0.15) is 0 Å². The van der Waals surface area contributed by atoms with Gasteiger partial charge in [-0.05, 0) is 54.7 Å². The largest absolute Gasteiger partial charge is 0.497 e. The molecule has 2 aromatic carbocycles. The summed E-state index contributed by atoms with van der Waals surface area (Å²) in [5, 5.41) is 0. The van der Waals surface area contributed by atoms with Crippen LogP contribution >= 0.6 is 0 Å². The molecule has 1 aliphatic heterocycles. The van der Waals surface area contributed by atoms with Crippen molar-refractivity contribution in [3.8, 4) is 16.9 Å². The molecule has 1 amide bonds. The van der Waals surface area contributed by atoms with Crippen molar-refractivity contribution in [1.82, 2.24) is 14.9 Å². The molecule has 1 aromatic heterocycles. The average Bonchev–Trinajstić information content (AvgIpc) is 3.28. The number of aromatic nitrogens is 2. The van der Waals surface area contributed by atoms with Crippen LogP contribution in [0.25, 0.3) is 11.1 Å². The Morgan fingerprint density at radius 2 is 1.94 bits per heavy atom. The van der Waals surface area contributed by atoms with Crippen LogP contribution in [0.4, 0.5) is 10.3 Å². The molecule has 1 atom stereocenters. The second-order valence-electron chi connectivity index (χ2n) is 7.63. The first-order chi connectivity index (χ1) is 15.0. The van der Waals surface area contributed by atoms with Gasteiger partial charge in [0, 0.05) is 24.7 Å². The lowest BCUT2D eigenvalue weighted by molar-refractivity contribution is -0.132. The summed E-state index contributed by atoms with van der Waals surface area (Å²) in [4.78, 5) is 23.6. The van der Waals surface area contributed by atoms with Crippen molar-refractivity contribution in [2.24, 2.45) is 0 Å². The summed E-state index contributed by atoms with van der Waals surface area (Å²) in [6, 6.07) is 13.8. The molecule has 1 saturated heterocycles. The van der Waals surface area contributed by atoms with Crippen LogP contribution < -0.4 is 10.5 Å². The molecule has 160 valence electrons. The Morgan fingerprint density at radius 3 is 2.65 bits per heavy atom. The standard InChI is InChI=1S/C24H25FN4O2/c1-31-19-11-4-16(5-12-19)6-13-22(30)29-14-2-3-21(29)23-20(15-27-24(26)28-23)17-7-9-18(25)10-8-17/h4-5,7-12,15,21H,2-3,6,13-14H2,1H3,(H2,26,27,28)/t21-/m1/s1. The van der Waals surface area contributed by atoms with Gasteiger partial charge in [-0.1, -0.05) is 24.3 Å². The van der Waals surface area contributed by atoms with E-state index in [1.165, 1.54) is 12.1 Å². The number of hydrogen-bond donors (Lipinski definition) is 1. The lowest BCUT2D eigenvalue weighted by Gasteiger charge is -2.26. The molecule has 1 aliphatic rings. The van der Waals surface area contributed by atoms with Gasteiger partial charge in [-0.15, -0.1) is 0 Å². The summed E-state index contributed by atoms with van der Waals surface area (Å²) in [7, 11) is 1.63. The van der Waals surface area contributed by atoms with Crippen LogP contribution in [-0.2, 0) is 11.2 Å². The van der Waals surface area contributed by atoms with Gasteiger partial charge in [0.05, 0.1) is 18.8 Å². The summed E-state index contributed by atoms with van der Waals surface area (Å²) in [6.45, 7) is 0.679. The van der Waals surface area contributed by atoms with Crippen LogP contribution in [0.3, 0.4) is 0 Å². The van der Waals surface area contributed by atoms with E-state index in [0.29, 0.717) is 19.4 Å². The number of anilines is 1. The molecule has 6 nitrogen and oxygen atoms in total. The van der Waals surface area contributed by atoms with Gasteiger partial charge in [-0.25, -0.2) is 14.4 Å². The number of benzene rings is 2. The minimum atomic E-state index is -0.308. The Balaban J connectivity index is 1.54. The smallest absolute Gasteiger partial charge is 0.223 e. The maximum Gasteiger partial charge on any atom is 0.223 e. The van der Waals surface area contributed by atoms with Gasteiger partial charge in [0.25, 0.3) is 0 Å². The minimum absolute atomic E-state index is 0.0838. The van der Waals surface area contributed by atoms with Crippen molar-refractivity contribution in [2.75, 3.05) is 19.4 Å². The monoisotopic (exact) mass is 420 g/mol. The fraction of sp³-hybridized carbons (Fsp3) is 0.292. The van der Waals surface area contributed by atoms with Gasteiger partial charge in [0.15, 0.2) is 0 Å². The Labute approximate surface area is 180 Å². The lowest BCUT2D eigenvalue weighted by atomic mass is 9.99. The number of halogens is 1. The first kappa shape index (κ1) is 20.8. The maximum atomic E-state index is 13.4. The number of amides is 1. The number of nitrogen functional groups attached to an aromatic ring is 1. The van der Waals surface area contributed by atoms with Crippen molar-refractivity contribution in [3.63, 3.8) is 0 Å². The highest BCUT2D eigenvalue weighted by atomic mass is 19.1. The number of methoxy groups -OCH3 is 1. The number of aryl methyl sites for hydroxylation is 1. The van der Waals surface area contributed by atoms with Crippen LogP contribution in [-0.4, -0.2) is 34.4 Å². The van der Waals surface area contributed by atoms with Gasteiger partial charge in [0.2, 0.25) is 11.9 Å². The van der Waals surface area contributed by atoms with E-state index in [2.05, 4.69) is 9.97 Å². The van der Waals surface area contributed by atoms with Crippen LogP contribution in [0, 0.1) is 5.82 Å². The van der Waals surface area contributed by atoms with Crippen molar-refractivity contribution in [2.45, 2.75) is 31.7 Å². The van der Waals surface area contributed by atoms with E-state index in [9.17, 15) is 9.18 Å². The van der Waals surface area contributed by atoms with E-state index < -0.39 is 0 Å². The summed E-state index contributed by atoms with van der Waals surface area (Å²) in [5.74, 6) is 0.737. The Morgan fingerprint density at radius 1 is 1.19 bits per heavy atom. The van der Waals surface area contributed by atoms with E-state index in [1.807, 2.05) is 29.2 Å². The summed E-state index contributed by atoms with van der Waals surface area (Å²) in [5.41, 5.74) is 9.26. The van der Waals surface area contributed by atoms with Crippen molar-refractivity contribution >= 4 is 11.9 Å². The third-order valence-corrected chi connectivity index (χ3v) is 5.67. The van der Waals surface area contributed by atoms with Gasteiger partial charge < -0.3 is 15.4 Å². The predicted molar refractivity (Wildman–Crippen MR) is 117 cm³/mol. The number of ether oxygens (including phenoxy) is 1. The van der Waals surface area contributed by atoms with E-state index in [1.54, 1.807) is 25.4 Å². The highest BCUT2D eigenvalue weighted by Crippen LogP contribution is 2.37. The molecular formula is C24H25FN4O2. The second kappa shape index (κ2) is 9.12. The topological polar surface area (TPSA) is 81.3 Å². The zero-order chi connectivity index (χ0) is 21.8. The summed E-state index contributed by atoms with van der Waals surface area (Å²) >= 11 is 0. The highest BCUT2D eigenvalue weighted by molar-refractivity contribution is 5.78. The molecule has 0 bridgehead atoms. The molecule has 3 aromatic rings. The average molecular weight is 420 g/mol. The number of hydrogen-bond acceptors (Lipinski definition) is 5. The summed E-state index contributed by atoms with van der Waals surface area (Å²) in [6.07, 6.45) is 4.42. The van der Waals surface area contributed by atoms with Crippen LogP contribution in [0.15, 0.2) is 54.7 Å². The number of nitrogens with zero attached hydrogens (tertiary/aromatic N) is 3. The SMILES string of the molecule is COc1ccc(CCC(=O)N2CCC[C@@H]2c2nc(N)ncc2-c2ccc(F)cc2)cc1. The molecule has 0 aliphatic carbocycles. The maximum absolute atomic E-state index is 13.4. The quantitative estimate of drug-likeness (QED) is 0.647. The van der Waals surface area contributed by atoms with Gasteiger partial charge in [-0.3, -0.25) is 4.79 Å². The normalized spacial score (nSPS) is 15.8. The molecule has 2 heterocycles. The first-order valence-electron chi connectivity index (χ1n) is 10.4. The summed E-state index contributed by atoms with van der Waals surface area (Å²) < 4.78 is 18.6. The molecule has 1 fully saturated rings. The number of rotatable bonds is 6. The zero-order valence-corrected chi connectivity index (χ0v) is 17.4. The van der Waals surface area contributed by atoms with Gasteiger partial charge in [0.1, 0.15) is 11.6 Å². The molecule has 0 unspecified atom stereocenters. The van der Waals surface area contributed by atoms with Crippen LogP contribution in [0.1, 0.15) is 36.6 Å². The fourth-order valence-electron chi connectivity index (χ4n) is 4.05. The first-order valence-corrected chi connectivity index (χ1v) is 10.4. The number of carbonyl (C=O) groups is 1. The van der Waals surface area contributed by atoms with Crippen LogP contribution in [0.2, 0.25) is 0 Å². The Hall–Kier alpha value is -3.48. The minimum Gasteiger partial charge on any atom is -0.497 e. The molecule has 31 heavy (non-hydrogen) atoms. The van der Waals surface area contributed by atoms with Gasteiger partial charge >= 0.3 is 0 Å². The molecule has 0 spiro atoms. The van der Waals surface area contributed by atoms with E-state index in [4.69, 9.17) is 10.5 Å². The van der Waals surface area contributed by atoms with Crippen molar-refractivity contribution in [1.29, 1.82) is 0 Å². The molecule has 4 rings (SSSR count). The molecular weight excluding hydrogens is 395 g/mol.